The fourth-order valence-corrected chi connectivity index (χ4v) is 3.24. The van der Waals surface area contributed by atoms with Crippen LogP contribution in [-0.2, 0) is 0 Å². The van der Waals surface area contributed by atoms with Crippen molar-refractivity contribution in [1.82, 2.24) is 5.16 Å². The first-order valence-corrected chi connectivity index (χ1v) is 7.91. The van der Waals surface area contributed by atoms with Gasteiger partial charge in [0, 0.05) is 10.9 Å². The van der Waals surface area contributed by atoms with E-state index in [1.54, 1.807) is 11.3 Å². The minimum absolute atomic E-state index is 0.368. The zero-order chi connectivity index (χ0) is 15.0. The second kappa shape index (κ2) is 5.37. The minimum atomic E-state index is 0.368. The van der Waals surface area contributed by atoms with E-state index in [-0.39, 0.29) is 0 Å². The normalized spacial score (nSPS) is 11.2. The number of aryl methyl sites for hydroxylation is 1. The molecule has 0 saturated heterocycles. The summed E-state index contributed by atoms with van der Waals surface area (Å²) in [4.78, 5) is 0. The van der Waals surface area contributed by atoms with E-state index >= 15 is 0 Å². The molecule has 0 aliphatic heterocycles. The lowest BCUT2D eigenvalue weighted by atomic mass is 9.97. The minimum Gasteiger partial charge on any atom is -0.367 e. The van der Waals surface area contributed by atoms with Gasteiger partial charge in [0.05, 0.1) is 5.56 Å². The molecule has 0 aliphatic rings. The average molecular weight is 298 g/mol. The Hall–Kier alpha value is -2.07. The lowest BCUT2D eigenvalue weighted by Crippen LogP contribution is -1.90. The number of anilines is 1. The van der Waals surface area contributed by atoms with Crippen LogP contribution in [0.3, 0.4) is 0 Å². The number of hydrogen-bond acceptors (Lipinski definition) is 4. The second-order valence-electron chi connectivity index (χ2n) is 5.52. The van der Waals surface area contributed by atoms with Crippen LogP contribution in [0.5, 0.6) is 0 Å². The molecule has 0 bridgehead atoms. The summed E-state index contributed by atoms with van der Waals surface area (Å²) >= 11 is 1.66. The van der Waals surface area contributed by atoms with Gasteiger partial charge in [-0.2, -0.15) is 11.3 Å². The first kappa shape index (κ1) is 13.9. The molecule has 0 saturated carbocycles. The van der Waals surface area contributed by atoms with Crippen LogP contribution >= 0.6 is 11.3 Å². The van der Waals surface area contributed by atoms with Crippen molar-refractivity contribution in [2.75, 3.05) is 5.73 Å². The number of aromatic nitrogens is 1. The Morgan fingerprint density at radius 1 is 1.14 bits per heavy atom. The summed E-state index contributed by atoms with van der Waals surface area (Å²) < 4.78 is 5.24. The molecule has 0 radical (unpaired) electrons. The molecule has 0 unspecified atom stereocenters. The molecule has 0 amide bonds. The van der Waals surface area contributed by atoms with Gasteiger partial charge in [0.25, 0.3) is 0 Å². The van der Waals surface area contributed by atoms with Crippen molar-refractivity contribution >= 4 is 17.2 Å². The van der Waals surface area contributed by atoms with E-state index in [4.69, 9.17) is 10.3 Å². The predicted octanol–water partition coefficient (Wildman–Crippen LogP) is 5.08. The van der Waals surface area contributed by atoms with Gasteiger partial charge in [0.15, 0.2) is 0 Å². The van der Waals surface area contributed by atoms with E-state index < -0.39 is 0 Å². The van der Waals surface area contributed by atoms with Crippen molar-refractivity contribution in [3.8, 4) is 22.4 Å². The van der Waals surface area contributed by atoms with Gasteiger partial charge in [-0.15, -0.1) is 0 Å². The molecule has 2 heterocycles. The van der Waals surface area contributed by atoms with Crippen LogP contribution < -0.4 is 5.73 Å². The van der Waals surface area contributed by atoms with Gasteiger partial charge in [-0.1, -0.05) is 43.3 Å². The Balaban J connectivity index is 2.10. The largest absolute Gasteiger partial charge is 0.367 e. The summed E-state index contributed by atoms with van der Waals surface area (Å²) in [7, 11) is 0. The third kappa shape index (κ3) is 2.47. The van der Waals surface area contributed by atoms with Gasteiger partial charge in [-0.25, -0.2) is 0 Å². The molecule has 3 aromatic rings. The van der Waals surface area contributed by atoms with Crippen LogP contribution in [0.1, 0.15) is 30.9 Å². The average Bonchev–Trinajstić information content (AvgIpc) is 3.04. The molecule has 2 N–H and O–H groups in total. The highest BCUT2D eigenvalue weighted by atomic mass is 32.1. The number of benzene rings is 1. The SMILES string of the molecule is Cc1cscc1-c1noc(N)c1-c1ccc(C(C)C)cc1. The third-order valence-corrected chi connectivity index (χ3v) is 4.56. The molecule has 3 rings (SSSR count). The fourth-order valence-electron chi connectivity index (χ4n) is 2.40. The second-order valence-corrected chi connectivity index (χ2v) is 6.26. The van der Waals surface area contributed by atoms with E-state index in [1.165, 1.54) is 11.1 Å². The number of hydrogen-bond donors (Lipinski definition) is 1. The summed E-state index contributed by atoms with van der Waals surface area (Å²) in [5.41, 5.74) is 12.3. The monoisotopic (exact) mass is 298 g/mol. The van der Waals surface area contributed by atoms with Gasteiger partial charge in [-0.3, -0.25) is 0 Å². The Labute approximate surface area is 128 Å². The lowest BCUT2D eigenvalue weighted by molar-refractivity contribution is 0.439. The summed E-state index contributed by atoms with van der Waals surface area (Å²) in [5.74, 6) is 0.880. The van der Waals surface area contributed by atoms with Gasteiger partial charge in [0.2, 0.25) is 5.88 Å². The molecular weight excluding hydrogens is 280 g/mol. The molecule has 108 valence electrons. The Morgan fingerprint density at radius 2 is 1.86 bits per heavy atom. The number of nitrogens with zero attached hydrogens (tertiary/aromatic N) is 1. The van der Waals surface area contributed by atoms with Crippen LogP contribution in [0.4, 0.5) is 5.88 Å². The molecule has 21 heavy (non-hydrogen) atoms. The van der Waals surface area contributed by atoms with Gasteiger partial charge < -0.3 is 10.3 Å². The maximum Gasteiger partial charge on any atom is 0.230 e. The van der Waals surface area contributed by atoms with Crippen LogP contribution in [0.15, 0.2) is 39.5 Å². The molecule has 0 aliphatic carbocycles. The number of nitrogen functional groups attached to an aromatic ring is 1. The Morgan fingerprint density at radius 3 is 2.43 bits per heavy atom. The molecule has 3 nitrogen and oxygen atoms in total. The first-order valence-electron chi connectivity index (χ1n) is 6.96. The molecule has 0 atom stereocenters. The number of thiophene rings is 1. The predicted molar refractivity (Wildman–Crippen MR) is 88.5 cm³/mol. The van der Waals surface area contributed by atoms with Crippen molar-refractivity contribution in [2.24, 2.45) is 0 Å². The Kier molecular flexibility index (Phi) is 3.55. The molecule has 4 heteroatoms. The quantitative estimate of drug-likeness (QED) is 0.733. The maximum atomic E-state index is 6.00. The topological polar surface area (TPSA) is 52.0 Å². The van der Waals surface area contributed by atoms with E-state index in [2.05, 4.69) is 61.0 Å². The zero-order valence-electron chi connectivity index (χ0n) is 12.4. The molecule has 1 aromatic carbocycles. The van der Waals surface area contributed by atoms with E-state index in [1.807, 2.05) is 0 Å². The summed E-state index contributed by atoms with van der Waals surface area (Å²) in [5, 5.41) is 8.34. The standard InChI is InChI=1S/C17H18N2OS/c1-10(2)12-4-6-13(7-5-12)15-16(19-20-17(15)18)14-9-21-8-11(14)3/h4-10H,18H2,1-3H3. The highest BCUT2D eigenvalue weighted by Crippen LogP contribution is 2.38. The Bertz CT molecular complexity index is 753. The van der Waals surface area contributed by atoms with Crippen LogP contribution in [0.25, 0.3) is 22.4 Å². The fraction of sp³-hybridized carbons (Fsp3) is 0.235. The maximum absolute atomic E-state index is 6.00. The molecule has 2 aromatic heterocycles. The first-order chi connectivity index (χ1) is 10.1. The number of rotatable bonds is 3. The van der Waals surface area contributed by atoms with Crippen molar-refractivity contribution in [2.45, 2.75) is 26.7 Å². The van der Waals surface area contributed by atoms with E-state index in [0.29, 0.717) is 11.8 Å². The summed E-state index contributed by atoms with van der Waals surface area (Å²) in [6, 6.07) is 8.44. The van der Waals surface area contributed by atoms with Crippen molar-refractivity contribution < 1.29 is 4.52 Å². The van der Waals surface area contributed by atoms with Gasteiger partial charge in [0.1, 0.15) is 5.69 Å². The number of nitrogens with two attached hydrogens (primary N) is 1. The van der Waals surface area contributed by atoms with Crippen LogP contribution in [0.2, 0.25) is 0 Å². The summed E-state index contributed by atoms with van der Waals surface area (Å²) in [6.07, 6.45) is 0. The molecular formula is C17H18N2OS. The van der Waals surface area contributed by atoms with Crippen LogP contribution in [0, 0.1) is 6.92 Å². The lowest BCUT2D eigenvalue weighted by Gasteiger charge is -2.07. The van der Waals surface area contributed by atoms with E-state index in [9.17, 15) is 0 Å². The van der Waals surface area contributed by atoms with Crippen molar-refractivity contribution in [1.29, 1.82) is 0 Å². The molecule has 0 fully saturated rings. The smallest absolute Gasteiger partial charge is 0.230 e. The highest BCUT2D eigenvalue weighted by Gasteiger charge is 2.19. The van der Waals surface area contributed by atoms with Gasteiger partial charge >= 0.3 is 0 Å². The van der Waals surface area contributed by atoms with E-state index in [0.717, 1.165) is 22.4 Å². The summed E-state index contributed by atoms with van der Waals surface area (Å²) in [6.45, 7) is 6.44. The van der Waals surface area contributed by atoms with Gasteiger partial charge in [-0.05, 0) is 34.9 Å². The van der Waals surface area contributed by atoms with Crippen molar-refractivity contribution in [3.05, 3.63) is 46.2 Å². The van der Waals surface area contributed by atoms with Crippen LogP contribution in [-0.4, -0.2) is 5.16 Å². The zero-order valence-corrected chi connectivity index (χ0v) is 13.2. The highest BCUT2D eigenvalue weighted by molar-refractivity contribution is 7.08. The molecule has 0 spiro atoms. The third-order valence-electron chi connectivity index (χ3n) is 3.70. The van der Waals surface area contributed by atoms with Crippen molar-refractivity contribution in [3.63, 3.8) is 0 Å².